The SMILES string of the molecule is COC(=O)[C@]1(C)C[C@@H]2CC[C@]3(C)\C(=C(C)/C=C/C=C(C)\C=C\C=C(C)C)C(=O)C[C@H]3[C@@]2(C)C[C@H]1OC(C)=O. The van der Waals surface area contributed by atoms with E-state index in [1.807, 2.05) is 26.0 Å². The van der Waals surface area contributed by atoms with Crippen LogP contribution in [0.2, 0.25) is 0 Å². The van der Waals surface area contributed by atoms with Crippen LogP contribution in [0.1, 0.15) is 87.5 Å². The van der Waals surface area contributed by atoms with Gasteiger partial charge in [-0.15, -0.1) is 0 Å². The normalized spacial score (nSPS) is 36.6. The number of ketones is 1. The minimum Gasteiger partial charge on any atom is -0.468 e. The molecule has 0 N–H and O–H groups in total. The summed E-state index contributed by atoms with van der Waals surface area (Å²) in [6.07, 6.45) is 15.2. The Bertz CT molecular complexity index is 1130. The summed E-state index contributed by atoms with van der Waals surface area (Å²) in [5.74, 6) is -0.131. The molecule has 0 radical (unpaired) electrons. The Morgan fingerprint density at radius 2 is 1.61 bits per heavy atom. The van der Waals surface area contributed by atoms with Gasteiger partial charge < -0.3 is 9.47 Å². The highest BCUT2D eigenvalue weighted by Crippen LogP contribution is 2.68. The van der Waals surface area contributed by atoms with Crippen LogP contribution in [0, 0.1) is 28.1 Å². The topological polar surface area (TPSA) is 69.7 Å². The van der Waals surface area contributed by atoms with E-state index in [1.54, 1.807) is 0 Å². The van der Waals surface area contributed by atoms with Crippen LogP contribution in [0.15, 0.2) is 58.7 Å². The molecule has 0 aliphatic heterocycles. The number of carbonyl (C=O) groups is 3. The molecule has 0 amide bonds. The summed E-state index contributed by atoms with van der Waals surface area (Å²) in [6, 6.07) is 0. The molecule has 208 valence electrons. The maximum Gasteiger partial charge on any atom is 0.315 e. The average Bonchev–Trinajstić information content (AvgIpc) is 3.10. The Hall–Kier alpha value is -2.69. The fourth-order valence-electron chi connectivity index (χ4n) is 7.63. The van der Waals surface area contributed by atoms with E-state index in [9.17, 15) is 14.4 Å². The van der Waals surface area contributed by atoms with Gasteiger partial charge in [-0.25, -0.2) is 0 Å². The predicted octanol–water partition coefficient (Wildman–Crippen LogP) is 7.24. The van der Waals surface area contributed by atoms with Crippen LogP contribution >= 0.6 is 0 Å². The number of carbonyl (C=O) groups excluding carboxylic acids is 3. The molecule has 3 aliphatic carbocycles. The third-order valence-corrected chi connectivity index (χ3v) is 9.60. The average molecular weight is 523 g/mol. The van der Waals surface area contributed by atoms with Gasteiger partial charge in [0.2, 0.25) is 0 Å². The zero-order valence-electron chi connectivity index (χ0n) is 24.8. The predicted molar refractivity (Wildman–Crippen MR) is 151 cm³/mol. The quantitative estimate of drug-likeness (QED) is 0.209. The van der Waals surface area contributed by atoms with Crippen LogP contribution in [-0.2, 0) is 23.9 Å². The van der Waals surface area contributed by atoms with Gasteiger partial charge in [0, 0.05) is 24.3 Å². The Balaban J connectivity index is 1.94. The fraction of sp³-hybridized carbons (Fsp3) is 0.606. The fourth-order valence-corrected chi connectivity index (χ4v) is 7.63. The number of rotatable bonds is 6. The minimum atomic E-state index is -0.886. The van der Waals surface area contributed by atoms with Gasteiger partial charge in [0.05, 0.1) is 7.11 Å². The molecule has 3 rings (SSSR count). The van der Waals surface area contributed by atoms with Crippen LogP contribution < -0.4 is 0 Å². The van der Waals surface area contributed by atoms with Crippen LogP contribution in [0.25, 0.3) is 0 Å². The van der Waals surface area contributed by atoms with Crippen molar-refractivity contribution in [2.24, 2.45) is 28.1 Å². The molecule has 0 bridgehead atoms. The van der Waals surface area contributed by atoms with Gasteiger partial charge in [0.15, 0.2) is 5.78 Å². The summed E-state index contributed by atoms with van der Waals surface area (Å²) < 4.78 is 10.9. The first kappa shape index (κ1) is 29.9. The maximum absolute atomic E-state index is 13.6. The van der Waals surface area contributed by atoms with Gasteiger partial charge >= 0.3 is 11.9 Å². The highest BCUT2D eigenvalue weighted by molar-refractivity contribution is 6.00. The largest absolute Gasteiger partial charge is 0.468 e. The van der Waals surface area contributed by atoms with Gasteiger partial charge in [-0.05, 0) is 83.1 Å². The highest BCUT2D eigenvalue weighted by atomic mass is 16.6. The Morgan fingerprint density at radius 1 is 0.947 bits per heavy atom. The number of hydrogen-bond donors (Lipinski definition) is 0. The zero-order chi connectivity index (χ0) is 28.5. The second kappa shape index (κ2) is 11.2. The highest BCUT2D eigenvalue weighted by Gasteiger charge is 2.65. The third-order valence-electron chi connectivity index (χ3n) is 9.60. The molecule has 0 aromatic heterocycles. The van der Waals surface area contributed by atoms with E-state index in [0.717, 1.165) is 29.6 Å². The molecule has 38 heavy (non-hydrogen) atoms. The lowest BCUT2D eigenvalue weighted by atomic mass is 9.45. The lowest BCUT2D eigenvalue weighted by Gasteiger charge is -2.60. The van der Waals surface area contributed by atoms with E-state index in [0.29, 0.717) is 19.3 Å². The molecular weight excluding hydrogens is 476 g/mol. The van der Waals surface area contributed by atoms with Crippen molar-refractivity contribution in [1.29, 1.82) is 0 Å². The van der Waals surface area contributed by atoms with Crippen molar-refractivity contribution >= 4 is 17.7 Å². The number of fused-ring (bicyclic) bond motifs is 3. The van der Waals surface area contributed by atoms with Crippen molar-refractivity contribution in [3.05, 3.63) is 58.7 Å². The summed E-state index contributed by atoms with van der Waals surface area (Å²) in [6.45, 7) is 16.0. The number of allylic oxidation sites excluding steroid dienone is 10. The van der Waals surface area contributed by atoms with Crippen molar-refractivity contribution in [3.8, 4) is 0 Å². The molecule has 5 nitrogen and oxygen atoms in total. The van der Waals surface area contributed by atoms with Crippen molar-refractivity contribution in [2.75, 3.05) is 7.11 Å². The monoisotopic (exact) mass is 522 g/mol. The number of hydrogen-bond acceptors (Lipinski definition) is 5. The molecule has 3 fully saturated rings. The molecule has 0 spiro atoms. The molecule has 0 aromatic carbocycles. The van der Waals surface area contributed by atoms with E-state index in [4.69, 9.17) is 9.47 Å². The first-order valence-corrected chi connectivity index (χ1v) is 13.9. The Kier molecular flexibility index (Phi) is 8.80. The summed E-state index contributed by atoms with van der Waals surface area (Å²) in [5, 5.41) is 0. The number of Topliss-reactive ketones (excluding diaryl/α,β-unsaturated/α-hetero) is 1. The Labute approximate surface area is 229 Å². The molecule has 3 saturated carbocycles. The molecular formula is C33H46O5. The van der Waals surface area contributed by atoms with Crippen LogP contribution in [0.3, 0.4) is 0 Å². The van der Waals surface area contributed by atoms with E-state index in [1.165, 1.54) is 19.6 Å². The summed E-state index contributed by atoms with van der Waals surface area (Å²) >= 11 is 0. The van der Waals surface area contributed by atoms with Gasteiger partial charge in [-0.1, -0.05) is 61.4 Å². The standard InChI is InChI=1S/C33H46O5/c1-21(2)12-10-13-22(3)14-11-15-23(4)29-26(35)18-27-31(29,6)17-16-25-19-33(8,30(36)37-9)28(38-24(5)34)20-32(25,27)7/h10-15,25,27-28H,16-20H2,1-9H3/b13-10+,15-11+,22-14-,29-23-/t25-,27+,28+,31-,32-,33+/m0/s1. The number of esters is 2. The first-order valence-electron chi connectivity index (χ1n) is 13.9. The van der Waals surface area contributed by atoms with Gasteiger partial charge in [0.25, 0.3) is 0 Å². The molecule has 0 saturated heterocycles. The van der Waals surface area contributed by atoms with Gasteiger partial charge in [0.1, 0.15) is 11.5 Å². The van der Waals surface area contributed by atoms with Crippen LogP contribution in [0.4, 0.5) is 0 Å². The number of ether oxygens (including phenoxy) is 2. The first-order chi connectivity index (χ1) is 17.7. The third kappa shape index (κ3) is 5.53. The molecule has 0 aromatic rings. The number of methoxy groups -OCH3 is 1. The van der Waals surface area contributed by atoms with Crippen LogP contribution in [0.5, 0.6) is 0 Å². The van der Waals surface area contributed by atoms with E-state index < -0.39 is 17.5 Å². The molecule has 6 atom stereocenters. The zero-order valence-corrected chi connectivity index (χ0v) is 24.8. The minimum absolute atomic E-state index is 0.129. The van der Waals surface area contributed by atoms with E-state index in [-0.39, 0.29) is 34.4 Å². The smallest absolute Gasteiger partial charge is 0.315 e. The van der Waals surface area contributed by atoms with Crippen molar-refractivity contribution in [3.63, 3.8) is 0 Å². The van der Waals surface area contributed by atoms with Crippen molar-refractivity contribution < 1.29 is 23.9 Å². The summed E-state index contributed by atoms with van der Waals surface area (Å²) in [5.41, 5.74) is 2.98. The molecule has 0 heterocycles. The second-order valence-electron chi connectivity index (χ2n) is 12.7. The lowest BCUT2D eigenvalue weighted by molar-refractivity contribution is -0.194. The van der Waals surface area contributed by atoms with Crippen molar-refractivity contribution in [1.82, 2.24) is 0 Å². The van der Waals surface area contributed by atoms with Crippen LogP contribution in [-0.4, -0.2) is 30.9 Å². The van der Waals surface area contributed by atoms with E-state index in [2.05, 4.69) is 58.9 Å². The lowest BCUT2D eigenvalue weighted by Crippen LogP contribution is -2.58. The molecule has 0 unspecified atom stereocenters. The van der Waals surface area contributed by atoms with Crippen molar-refractivity contribution in [2.45, 2.75) is 93.6 Å². The maximum atomic E-state index is 13.6. The van der Waals surface area contributed by atoms with Gasteiger partial charge in [-0.3, -0.25) is 14.4 Å². The molecule has 3 aliphatic rings. The Morgan fingerprint density at radius 3 is 2.21 bits per heavy atom. The van der Waals surface area contributed by atoms with Gasteiger partial charge in [-0.2, -0.15) is 0 Å². The second-order valence-corrected chi connectivity index (χ2v) is 12.7. The molecule has 5 heteroatoms. The summed E-state index contributed by atoms with van der Waals surface area (Å²) in [7, 11) is 1.39. The van der Waals surface area contributed by atoms with E-state index >= 15 is 0 Å². The summed E-state index contributed by atoms with van der Waals surface area (Å²) in [4.78, 5) is 38.5.